The van der Waals surface area contributed by atoms with Crippen molar-refractivity contribution in [1.29, 1.82) is 0 Å². The zero-order chi connectivity index (χ0) is 20.0. The van der Waals surface area contributed by atoms with Gasteiger partial charge in [-0.3, -0.25) is 9.59 Å². The average molecular weight is 412 g/mol. The summed E-state index contributed by atoms with van der Waals surface area (Å²) >= 11 is 1.57. The Morgan fingerprint density at radius 3 is 2.79 bits per heavy atom. The van der Waals surface area contributed by atoms with E-state index in [0.29, 0.717) is 23.1 Å². The summed E-state index contributed by atoms with van der Waals surface area (Å²) in [6.45, 7) is 6.75. The molecule has 2 aliphatic heterocycles. The Balaban J connectivity index is 1.58. The van der Waals surface area contributed by atoms with Crippen LogP contribution in [-0.4, -0.2) is 50.2 Å². The number of thiophene rings is 1. The van der Waals surface area contributed by atoms with Gasteiger partial charge in [-0.2, -0.15) is 0 Å². The monoisotopic (exact) mass is 411 g/mol. The van der Waals surface area contributed by atoms with Gasteiger partial charge in [0, 0.05) is 4.88 Å². The van der Waals surface area contributed by atoms with Crippen LogP contribution >= 0.6 is 11.3 Å². The molecular formula is C22H23N2O4S+. The van der Waals surface area contributed by atoms with E-state index >= 15 is 0 Å². The number of rotatable bonds is 4. The first-order chi connectivity index (χ1) is 14.1. The Kier molecular flexibility index (Phi) is 4.73. The molecule has 150 valence electrons. The third-order valence-electron chi connectivity index (χ3n) is 5.84. The van der Waals surface area contributed by atoms with Crippen LogP contribution in [0.1, 0.15) is 32.6 Å². The summed E-state index contributed by atoms with van der Waals surface area (Å²) in [5.74, 6) is 0.00682. The normalized spacial score (nSPS) is 19.8. The Hall–Kier alpha value is -2.48. The van der Waals surface area contributed by atoms with E-state index in [-0.39, 0.29) is 23.1 Å². The number of aryl methyl sites for hydroxylation is 1. The highest BCUT2D eigenvalue weighted by atomic mass is 32.1. The summed E-state index contributed by atoms with van der Waals surface area (Å²) in [6.07, 6.45) is 0. The number of ether oxygens (including phenoxy) is 1. The van der Waals surface area contributed by atoms with Crippen LogP contribution in [0.25, 0.3) is 11.0 Å². The predicted octanol–water partition coefficient (Wildman–Crippen LogP) is 1.62. The number of nitrogens with zero attached hydrogens (tertiary/aromatic N) is 1. The zero-order valence-corrected chi connectivity index (χ0v) is 17.1. The summed E-state index contributed by atoms with van der Waals surface area (Å²) in [5.41, 5.74) is 1.85. The molecule has 2 aromatic heterocycles. The lowest BCUT2D eigenvalue weighted by molar-refractivity contribution is -0.907. The van der Waals surface area contributed by atoms with Gasteiger partial charge >= 0.3 is 0 Å². The Morgan fingerprint density at radius 1 is 1.21 bits per heavy atom. The van der Waals surface area contributed by atoms with Crippen LogP contribution in [0.4, 0.5) is 0 Å². The van der Waals surface area contributed by atoms with Gasteiger partial charge < -0.3 is 19.0 Å². The Labute approximate surface area is 172 Å². The predicted molar refractivity (Wildman–Crippen MR) is 111 cm³/mol. The standard InChI is InChI=1S/C22H22N2O4S/c1-14-4-5-16-15(13-14)20(25)18-19(17-3-2-12-29-17)24(22(26)21(18)28-16)7-6-23-8-10-27-11-9-23/h2-5,12-13,19H,6-11H2,1H3/p+1/t19-/m0/s1. The molecule has 1 fully saturated rings. The number of benzene rings is 1. The van der Waals surface area contributed by atoms with Crippen LogP contribution < -0.4 is 10.3 Å². The van der Waals surface area contributed by atoms with Crippen LogP contribution in [0.2, 0.25) is 0 Å². The fourth-order valence-corrected chi connectivity index (χ4v) is 5.14. The van der Waals surface area contributed by atoms with E-state index in [9.17, 15) is 9.59 Å². The molecule has 1 aromatic carbocycles. The lowest BCUT2D eigenvalue weighted by Gasteiger charge is -2.28. The molecule has 1 N–H and O–H groups in total. The Bertz CT molecular complexity index is 1120. The number of hydrogen-bond donors (Lipinski definition) is 1. The second-order valence-electron chi connectivity index (χ2n) is 7.70. The largest absolute Gasteiger partial charge is 0.450 e. The van der Waals surface area contributed by atoms with Gasteiger partial charge in [0.2, 0.25) is 5.76 Å². The fourth-order valence-electron chi connectivity index (χ4n) is 4.30. The molecule has 1 saturated heterocycles. The topological polar surface area (TPSA) is 64.2 Å². The molecule has 4 heterocycles. The van der Waals surface area contributed by atoms with Crippen LogP contribution in [0.5, 0.6) is 0 Å². The van der Waals surface area contributed by atoms with Crippen molar-refractivity contribution in [2.24, 2.45) is 0 Å². The molecule has 0 aliphatic carbocycles. The van der Waals surface area contributed by atoms with Crippen LogP contribution in [0.3, 0.4) is 0 Å². The molecular weight excluding hydrogens is 388 g/mol. The van der Waals surface area contributed by atoms with E-state index in [1.165, 1.54) is 4.90 Å². The number of nitrogens with one attached hydrogen (secondary N) is 1. The summed E-state index contributed by atoms with van der Waals surface area (Å²) in [7, 11) is 0. The van der Waals surface area contributed by atoms with Crippen molar-refractivity contribution in [2.45, 2.75) is 13.0 Å². The first kappa shape index (κ1) is 18.5. The van der Waals surface area contributed by atoms with Crippen molar-refractivity contribution in [3.05, 3.63) is 67.7 Å². The fraction of sp³-hybridized carbons (Fsp3) is 0.364. The van der Waals surface area contributed by atoms with Gasteiger partial charge in [0.1, 0.15) is 18.7 Å². The highest BCUT2D eigenvalue weighted by molar-refractivity contribution is 7.10. The summed E-state index contributed by atoms with van der Waals surface area (Å²) in [4.78, 5) is 31.0. The van der Waals surface area contributed by atoms with E-state index in [4.69, 9.17) is 9.15 Å². The molecule has 0 radical (unpaired) electrons. The van der Waals surface area contributed by atoms with E-state index in [0.717, 1.165) is 43.3 Å². The van der Waals surface area contributed by atoms with Crippen molar-refractivity contribution in [3.8, 4) is 0 Å². The number of morpholine rings is 1. The van der Waals surface area contributed by atoms with Gasteiger partial charge in [-0.05, 0) is 30.5 Å². The maximum atomic E-state index is 13.4. The van der Waals surface area contributed by atoms with Crippen molar-refractivity contribution in [1.82, 2.24) is 4.90 Å². The quantitative estimate of drug-likeness (QED) is 0.709. The van der Waals surface area contributed by atoms with Gasteiger partial charge in [-0.25, -0.2) is 0 Å². The molecule has 6 nitrogen and oxygen atoms in total. The summed E-state index contributed by atoms with van der Waals surface area (Å²) in [5, 5.41) is 2.52. The van der Waals surface area contributed by atoms with Crippen LogP contribution in [0.15, 0.2) is 44.9 Å². The molecule has 1 amide bonds. The number of quaternary nitrogens is 1. The van der Waals surface area contributed by atoms with Gasteiger partial charge in [0.05, 0.1) is 43.3 Å². The molecule has 0 unspecified atom stereocenters. The maximum Gasteiger partial charge on any atom is 0.291 e. The number of carbonyl (C=O) groups is 1. The zero-order valence-electron chi connectivity index (χ0n) is 16.3. The minimum absolute atomic E-state index is 0.0991. The minimum atomic E-state index is -0.376. The van der Waals surface area contributed by atoms with Gasteiger partial charge in [0.15, 0.2) is 5.43 Å². The van der Waals surface area contributed by atoms with E-state index in [1.54, 1.807) is 17.4 Å². The molecule has 0 saturated carbocycles. The lowest BCUT2D eigenvalue weighted by atomic mass is 10.0. The van der Waals surface area contributed by atoms with Crippen molar-refractivity contribution in [2.75, 3.05) is 39.4 Å². The van der Waals surface area contributed by atoms with E-state index in [2.05, 4.69) is 0 Å². The van der Waals surface area contributed by atoms with Gasteiger partial charge in [0.25, 0.3) is 5.91 Å². The lowest BCUT2D eigenvalue weighted by Crippen LogP contribution is -3.14. The first-order valence-corrected chi connectivity index (χ1v) is 10.8. The maximum absolute atomic E-state index is 13.4. The molecule has 29 heavy (non-hydrogen) atoms. The number of hydrogen-bond acceptors (Lipinski definition) is 5. The van der Waals surface area contributed by atoms with Crippen molar-refractivity contribution in [3.63, 3.8) is 0 Å². The highest BCUT2D eigenvalue weighted by Crippen LogP contribution is 2.39. The third-order valence-corrected chi connectivity index (χ3v) is 6.76. The van der Waals surface area contributed by atoms with E-state index in [1.807, 2.05) is 41.5 Å². The average Bonchev–Trinajstić information content (AvgIpc) is 3.35. The molecule has 1 atom stereocenters. The molecule has 2 aliphatic rings. The summed E-state index contributed by atoms with van der Waals surface area (Å²) in [6, 6.07) is 9.09. The second kappa shape index (κ2) is 7.40. The first-order valence-electron chi connectivity index (χ1n) is 9.96. The summed E-state index contributed by atoms with van der Waals surface area (Å²) < 4.78 is 11.4. The van der Waals surface area contributed by atoms with Crippen LogP contribution in [-0.2, 0) is 4.74 Å². The van der Waals surface area contributed by atoms with Gasteiger partial charge in [-0.1, -0.05) is 17.7 Å². The Morgan fingerprint density at radius 2 is 2.03 bits per heavy atom. The second-order valence-corrected chi connectivity index (χ2v) is 8.68. The minimum Gasteiger partial charge on any atom is -0.450 e. The molecule has 7 heteroatoms. The van der Waals surface area contributed by atoms with E-state index < -0.39 is 0 Å². The molecule has 0 bridgehead atoms. The third kappa shape index (κ3) is 3.19. The smallest absolute Gasteiger partial charge is 0.291 e. The molecule has 5 rings (SSSR count). The number of carbonyl (C=O) groups excluding carboxylic acids is 1. The van der Waals surface area contributed by atoms with Crippen LogP contribution in [0, 0.1) is 6.92 Å². The molecule has 0 spiro atoms. The highest BCUT2D eigenvalue weighted by Gasteiger charge is 2.43. The number of amides is 1. The SMILES string of the molecule is Cc1ccc2oc3c(c(=O)c2c1)[C@H](c1cccs1)N(CC[NH+]1CCOCC1)C3=O. The van der Waals surface area contributed by atoms with Crippen molar-refractivity contribution < 1.29 is 18.8 Å². The number of fused-ring (bicyclic) bond motifs is 2. The van der Waals surface area contributed by atoms with Crippen molar-refractivity contribution >= 4 is 28.2 Å². The van der Waals surface area contributed by atoms with Gasteiger partial charge in [-0.15, -0.1) is 11.3 Å². The molecule has 3 aromatic rings.